The predicted octanol–water partition coefficient (Wildman–Crippen LogP) is 0.953. The van der Waals surface area contributed by atoms with Crippen LogP contribution in [0.2, 0.25) is 0 Å². The fourth-order valence-electron chi connectivity index (χ4n) is 1.29. The maximum absolute atomic E-state index is 9.85. The maximum atomic E-state index is 9.85. The first-order chi connectivity index (χ1) is 7.10. The molecule has 0 aliphatic carbocycles. The van der Waals surface area contributed by atoms with Gasteiger partial charge in [-0.15, -0.1) is 0 Å². The molecule has 1 heterocycles. The van der Waals surface area contributed by atoms with E-state index < -0.39 is 26.8 Å². The zero-order valence-corrected chi connectivity index (χ0v) is 11.2. The Bertz CT molecular complexity index is 356. The summed E-state index contributed by atoms with van der Waals surface area (Å²) in [5, 5.41) is 9.85. The van der Waals surface area contributed by atoms with E-state index in [-0.39, 0.29) is 6.61 Å². The largest absolute Gasteiger partial charge is 0.388 e. The highest BCUT2D eigenvalue weighted by Gasteiger charge is 2.41. The smallest absolute Gasteiger partial charge is 0.255 e. The molecule has 4 atom stereocenters. The van der Waals surface area contributed by atoms with Crippen LogP contribution in [0.4, 0.5) is 0 Å². The number of hydrogen-bond acceptors (Lipinski definition) is 6. The van der Waals surface area contributed by atoms with Gasteiger partial charge in [-0.3, -0.25) is 0 Å². The van der Waals surface area contributed by atoms with E-state index in [1.165, 1.54) is 0 Å². The van der Waals surface area contributed by atoms with Gasteiger partial charge in [-0.1, -0.05) is 6.92 Å². The number of aliphatic hydroxyl groups excluding tert-OH is 1. The predicted molar refractivity (Wildman–Crippen MR) is 65.3 cm³/mol. The van der Waals surface area contributed by atoms with Gasteiger partial charge in [0, 0.05) is 0 Å². The van der Waals surface area contributed by atoms with Gasteiger partial charge in [0.15, 0.2) is 0 Å². The molecule has 6 nitrogen and oxygen atoms in total. The fourth-order valence-corrected chi connectivity index (χ4v) is 4.48. The van der Waals surface area contributed by atoms with Gasteiger partial charge in [0.05, 0.1) is 6.61 Å². The monoisotopic (exact) mass is 272 g/mol. The van der Waals surface area contributed by atoms with Crippen LogP contribution in [0.5, 0.6) is 0 Å². The van der Waals surface area contributed by atoms with Crippen molar-refractivity contribution in [1.82, 2.24) is 0 Å². The van der Waals surface area contributed by atoms with E-state index in [1.807, 2.05) is 0 Å². The average Bonchev–Trinajstić information content (AvgIpc) is 2.10. The average molecular weight is 272 g/mol. The van der Waals surface area contributed by atoms with Crippen molar-refractivity contribution in [2.75, 3.05) is 6.61 Å². The highest BCUT2D eigenvalue weighted by molar-refractivity contribution is 7.71. The third kappa shape index (κ3) is 3.42. The fraction of sp³-hybridized carbons (Fsp3) is 0.750. The van der Waals surface area contributed by atoms with Crippen molar-refractivity contribution in [3.63, 3.8) is 0 Å². The number of hydrogen-bond donors (Lipinski definition) is 3. The molecular formula is C8H18O6P2. The summed E-state index contributed by atoms with van der Waals surface area (Å²) in [6.45, 7) is 3.24. The van der Waals surface area contributed by atoms with E-state index >= 15 is 0 Å². The van der Waals surface area contributed by atoms with Gasteiger partial charge >= 0.3 is 0 Å². The Balaban J connectivity index is 3.01. The first-order valence-electron chi connectivity index (χ1n) is 4.77. The molecule has 0 aromatic rings. The van der Waals surface area contributed by atoms with Gasteiger partial charge in [0.25, 0.3) is 15.1 Å². The lowest BCUT2D eigenvalue weighted by molar-refractivity contribution is -0.0774. The van der Waals surface area contributed by atoms with Crippen molar-refractivity contribution in [2.24, 2.45) is 0 Å². The minimum absolute atomic E-state index is 0.169. The molecule has 8 heteroatoms. The van der Waals surface area contributed by atoms with E-state index in [2.05, 4.69) is 12.6 Å². The molecule has 0 saturated carbocycles. The molecule has 0 radical (unpaired) electrons. The molecule has 2 unspecified atom stereocenters. The molecule has 3 N–H and O–H groups in total. The summed E-state index contributed by atoms with van der Waals surface area (Å²) in [6.07, 6.45) is 6.10. The SMILES string of the molecule is C=P1(O)OC[C@@H](O)[C@](C)(CC)OP(=C)(O)O1. The van der Waals surface area contributed by atoms with E-state index in [0.29, 0.717) is 6.42 Å². The maximum Gasteiger partial charge on any atom is 0.255 e. The van der Waals surface area contributed by atoms with Crippen LogP contribution in [-0.2, 0) is 13.4 Å². The van der Waals surface area contributed by atoms with Crippen LogP contribution in [0.25, 0.3) is 0 Å². The highest BCUT2D eigenvalue weighted by atomic mass is 31.3. The summed E-state index contributed by atoms with van der Waals surface area (Å²) in [4.78, 5) is 19.4. The van der Waals surface area contributed by atoms with Gasteiger partial charge in [-0.25, -0.2) is 4.31 Å². The van der Waals surface area contributed by atoms with E-state index in [4.69, 9.17) is 13.4 Å². The summed E-state index contributed by atoms with van der Waals surface area (Å²) in [5.74, 6) is 0. The highest BCUT2D eigenvalue weighted by Crippen LogP contribution is 2.63. The van der Waals surface area contributed by atoms with Crippen LogP contribution in [0, 0.1) is 0 Å². The first-order valence-corrected chi connectivity index (χ1v) is 8.30. The third-order valence-electron chi connectivity index (χ3n) is 2.45. The molecule has 1 saturated heterocycles. The van der Waals surface area contributed by atoms with Gasteiger partial charge in [0.1, 0.15) is 11.7 Å². The molecule has 96 valence electrons. The van der Waals surface area contributed by atoms with Crippen LogP contribution in [0.15, 0.2) is 0 Å². The number of rotatable bonds is 1. The second-order valence-electron chi connectivity index (χ2n) is 3.93. The summed E-state index contributed by atoms with van der Waals surface area (Å²) in [6, 6.07) is 0. The zero-order chi connectivity index (χ0) is 12.6. The van der Waals surface area contributed by atoms with Gasteiger partial charge in [-0.2, -0.15) is 0 Å². The van der Waals surface area contributed by atoms with Crippen LogP contribution < -0.4 is 0 Å². The standard InChI is InChI=1S/C8H18O6P2/c1-5-8(2)7(9)6-12-15(3,10)14-16(4,11)13-8/h7,9-11H,3-6H2,1-2H3/t7-,8+,15?,16?/m1/s1. The van der Waals surface area contributed by atoms with Crippen LogP contribution in [0.1, 0.15) is 20.3 Å². The van der Waals surface area contributed by atoms with Gasteiger partial charge in [-0.05, 0) is 25.9 Å². The topological polar surface area (TPSA) is 88.4 Å². The van der Waals surface area contributed by atoms with Crippen molar-refractivity contribution < 1.29 is 28.3 Å². The Morgan fingerprint density at radius 3 is 2.44 bits per heavy atom. The van der Waals surface area contributed by atoms with Crippen LogP contribution in [-0.4, -0.2) is 45.8 Å². The first kappa shape index (κ1) is 14.4. The molecule has 0 aromatic heterocycles. The minimum Gasteiger partial charge on any atom is -0.388 e. The van der Waals surface area contributed by atoms with Crippen molar-refractivity contribution >= 4 is 27.7 Å². The van der Waals surface area contributed by atoms with Crippen molar-refractivity contribution in [2.45, 2.75) is 32.0 Å². The molecule has 0 spiro atoms. The quantitative estimate of drug-likeness (QED) is 0.616. The molecule has 1 fully saturated rings. The Kier molecular flexibility index (Phi) is 4.11. The molecule has 16 heavy (non-hydrogen) atoms. The molecule has 1 aliphatic heterocycles. The van der Waals surface area contributed by atoms with Crippen molar-refractivity contribution in [3.05, 3.63) is 0 Å². The second-order valence-corrected chi connectivity index (χ2v) is 7.57. The summed E-state index contributed by atoms with van der Waals surface area (Å²) >= 11 is 0. The van der Waals surface area contributed by atoms with Crippen molar-refractivity contribution in [3.8, 4) is 0 Å². The Morgan fingerprint density at radius 1 is 1.38 bits per heavy atom. The van der Waals surface area contributed by atoms with Gasteiger partial charge in [0.2, 0.25) is 0 Å². The summed E-state index contributed by atoms with van der Waals surface area (Å²) in [7, 11) is -6.93. The lowest BCUT2D eigenvalue weighted by atomic mass is 9.97. The Morgan fingerprint density at radius 2 is 1.94 bits per heavy atom. The molecule has 0 bridgehead atoms. The molecule has 1 aliphatic rings. The third-order valence-corrected chi connectivity index (χ3v) is 5.74. The van der Waals surface area contributed by atoms with Crippen LogP contribution in [0.3, 0.4) is 0 Å². The molecule has 0 amide bonds. The second kappa shape index (κ2) is 4.56. The lowest BCUT2D eigenvalue weighted by Gasteiger charge is -2.40. The Labute approximate surface area is 95.2 Å². The molecular weight excluding hydrogens is 254 g/mol. The molecule has 0 aromatic carbocycles. The Hall–Kier alpha value is 0.360. The van der Waals surface area contributed by atoms with E-state index in [9.17, 15) is 14.9 Å². The number of aliphatic hydroxyl groups is 1. The zero-order valence-electron chi connectivity index (χ0n) is 9.37. The normalized spacial score (nSPS) is 50.7. The lowest BCUT2D eigenvalue weighted by Crippen LogP contribution is -2.44. The van der Waals surface area contributed by atoms with Crippen LogP contribution >= 0.6 is 15.1 Å². The summed E-state index contributed by atoms with van der Waals surface area (Å²) < 4.78 is 15.1. The minimum atomic E-state index is -3.50. The summed E-state index contributed by atoms with van der Waals surface area (Å²) in [5.41, 5.74) is -1.02. The van der Waals surface area contributed by atoms with E-state index in [1.54, 1.807) is 13.8 Å². The van der Waals surface area contributed by atoms with E-state index in [0.717, 1.165) is 0 Å². The molecule has 1 rings (SSSR count). The van der Waals surface area contributed by atoms with Gasteiger partial charge < -0.3 is 23.9 Å². The van der Waals surface area contributed by atoms with Crippen molar-refractivity contribution in [1.29, 1.82) is 0 Å².